The van der Waals surface area contributed by atoms with Gasteiger partial charge >= 0.3 is 6.61 Å². The molecule has 5 heteroatoms. The first kappa shape index (κ1) is 13.3. The monoisotopic (exact) mass is 267 g/mol. The first-order valence-corrected chi connectivity index (χ1v) is 5.68. The van der Waals surface area contributed by atoms with Gasteiger partial charge in [-0.05, 0) is 18.2 Å². The maximum absolute atomic E-state index is 13.4. The molecular formula is C14H12F3NO. The van der Waals surface area contributed by atoms with Crippen molar-refractivity contribution in [3.05, 3.63) is 59.9 Å². The van der Waals surface area contributed by atoms with Gasteiger partial charge in [0.1, 0.15) is 11.6 Å². The second-order valence-electron chi connectivity index (χ2n) is 3.82. The summed E-state index contributed by atoms with van der Waals surface area (Å²) >= 11 is 0. The van der Waals surface area contributed by atoms with E-state index in [-0.39, 0.29) is 18.1 Å². The van der Waals surface area contributed by atoms with Crippen LogP contribution >= 0.6 is 0 Å². The third-order valence-electron chi connectivity index (χ3n) is 2.53. The largest absolute Gasteiger partial charge is 0.433 e. The minimum absolute atomic E-state index is 0.0360. The smallest absolute Gasteiger partial charge is 0.387 e. The highest BCUT2D eigenvalue weighted by Gasteiger charge is 2.09. The van der Waals surface area contributed by atoms with E-state index in [9.17, 15) is 13.2 Å². The Labute approximate surface area is 108 Å². The third-order valence-corrected chi connectivity index (χ3v) is 2.53. The van der Waals surface area contributed by atoms with Gasteiger partial charge in [0.25, 0.3) is 0 Å². The van der Waals surface area contributed by atoms with Crippen molar-refractivity contribution in [2.24, 2.45) is 0 Å². The third kappa shape index (κ3) is 3.64. The van der Waals surface area contributed by atoms with Crippen LogP contribution in [0, 0.1) is 5.82 Å². The lowest BCUT2D eigenvalue weighted by Crippen LogP contribution is -2.07. The van der Waals surface area contributed by atoms with Crippen LogP contribution in [-0.4, -0.2) is 6.61 Å². The van der Waals surface area contributed by atoms with E-state index in [4.69, 9.17) is 0 Å². The first-order valence-electron chi connectivity index (χ1n) is 5.68. The van der Waals surface area contributed by atoms with Crippen molar-refractivity contribution in [1.82, 2.24) is 0 Å². The van der Waals surface area contributed by atoms with Gasteiger partial charge in [-0.1, -0.05) is 30.3 Å². The molecule has 0 aromatic heterocycles. The number of hydrogen-bond acceptors (Lipinski definition) is 2. The van der Waals surface area contributed by atoms with Crippen LogP contribution in [0.25, 0.3) is 0 Å². The van der Waals surface area contributed by atoms with Crippen LogP contribution in [0.3, 0.4) is 0 Å². The van der Waals surface area contributed by atoms with Crippen LogP contribution in [0.1, 0.15) is 5.56 Å². The van der Waals surface area contributed by atoms with Crippen molar-refractivity contribution in [2.45, 2.75) is 13.2 Å². The highest BCUT2D eigenvalue weighted by Crippen LogP contribution is 2.26. The van der Waals surface area contributed by atoms with Crippen LogP contribution < -0.4 is 10.1 Å². The van der Waals surface area contributed by atoms with Gasteiger partial charge in [0.05, 0.1) is 5.69 Å². The standard InChI is InChI=1S/C14H12F3NO/c15-11-6-2-1-5-10(11)9-18-12-7-3-4-8-13(12)19-14(16)17/h1-8,14,18H,9H2. The molecule has 0 saturated carbocycles. The summed E-state index contributed by atoms with van der Waals surface area (Å²) in [5.74, 6) is -0.309. The van der Waals surface area contributed by atoms with Crippen molar-refractivity contribution in [3.63, 3.8) is 0 Å². The molecule has 2 rings (SSSR count). The molecule has 1 N–H and O–H groups in total. The van der Waals surface area contributed by atoms with Crippen molar-refractivity contribution >= 4 is 5.69 Å². The van der Waals surface area contributed by atoms with Crippen molar-refractivity contribution in [1.29, 1.82) is 0 Å². The Balaban J connectivity index is 2.09. The lowest BCUT2D eigenvalue weighted by atomic mass is 10.2. The van der Waals surface area contributed by atoms with Gasteiger partial charge in [-0.25, -0.2) is 4.39 Å². The fraction of sp³-hybridized carbons (Fsp3) is 0.143. The minimum Gasteiger partial charge on any atom is -0.433 e. The summed E-state index contributed by atoms with van der Waals surface area (Å²) in [6, 6.07) is 12.6. The highest BCUT2D eigenvalue weighted by molar-refractivity contribution is 5.56. The number of benzene rings is 2. The van der Waals surface area contributed by atoms with Gasteiger partial charge in [-0.15, -0.1) is 0 Å². The predicted molar refractivity (Wildman–Crippen MR) is 66.8 cm³/mol. The number of anilines is 1. The second-order valence-corrected chi connectivity index (χ2v) is 3.82. The van der Waals surface area contributed by atoms with E-state index >= 15 is 0 Å². The average molecular weight is 267 g/mol. The van der Waals surface area contributed by atoms with Gasteiger partial charge in [0.2, 0.25) is 0 Å². The molecular weight excluding hydrogens is 255 g/mol. The number of para-hydroxylation sites is 2. The predicted octanol–water partition coefficient (Wildman–Crippen LogP) is 4.04. The van der Waals surface area contributed by atoms with Crippen LogP contribution in [0.15, 0.2) is 48.5 Å². The quantitative estimate of drug-likeness (QED) is 0.882. The normalized spacial score (nSPS) is 10.5. The number of halogens is 3. The molecule has 0 amide bonds. The van der Waals surface area contributed by atoms with E-state index in [1.54, 1.807) is 36.4 Å². The Morgan fingerprint density at radius 1 is 1.00 bits per heavy atom. The Hall–Kier alpha value is -2.17. The van der Waals surface area contributed by atoms with Gasteiger partial charge in [-0.2, -0.15) is 8.78 Å². The number of hydrogen-bond donors (Lipinski definition) is 1. The van der Waals surface area contributed by atoms with E-state index in [0.29, 0.717) is 11.3 Å². The minimum atomic E-state index is -2.89. The molecule has 0 aliphatic heterocycles. The van der Waals surface area contributed by atoms with Gasteiger partial charge < -0.3 is 10.1 Å². The highest BCUT2D eigenvalue weighted by atomic mass is 19.3. The van der Waals surface area contributed by atoms with Crippen LogP contribution in [0.5, 0.6) is 5.75 Å². The molecule has 0 heterocycles. The summed E-state index contributed by atoms with van der Waals surface area (Å²) in [6.07, 6.45) is 0. The van der Waals surface area contributed by atoms with Crippen molar-refractivity contribution in [3.8, 4) is 5.75 Å². The zero-order valence-corrected chi connectivity index (χ0v) is 9.95. The lowest BCUT2D eigenvalue weighted by Gasteiger charge is -2.12. The SMILES string of the molecule is Fc1ccccc1CNc1ccccc1OC(F)F. The zero-order chi connectivity index (χ0) is 13.7. The molecule has 0 aliphatic rings. The van der Waals surface area contributed by atoms with E-state index in [0.717, 1.165) is 0 Å². The Morgan fingerprint density at radius 2 is 1.68 bits per heavy atom. The zero-order valence-electron chi connectivity index (χ0n) is 9.95. The number of ether oxygens (including phenoxy) is 1. The molecule has 0 unspecified atom stereocenters. The number of nitrogens with one attached hydrogen (secondary N) is 1. The Kier molecular flexibility index (Phi) is 4.28. The summed E-state index contributed by atoms with van der Waals surface area (Å²) < 4.78 is 42.2. The van der Waals surface area contributed by atoms with Crippen LogP contribution in [0.2, 0.25) is 0 Å². The Bertz CT molecular complexity index is 546. The fourth-order valence-corrected chi connectivity index (χ4v) is 1.64. The van der Waals surface area contributed by atoms with Gasteiger partial charge in [0, 0.05) is 12.1 Å². The molecule has 19 heavy (non-hydrogen) atoms. The number of rotatable bonds is 5. The molecule has 2 aromatic rings. The molecule has 0 aliphatic carbocycles. The Morgan fingerprint density at radius 3 is 2.42 bits per heavy atom. The summed E-state index contributed by atoms with van der Waals surface area (Å²) in [5.41, 5.74) is 0.848. The summed E-state index contributed by atoms with van der Waals surface area (Å²) in [4.78, 5) is 0. The first-order chi connectivity index (χ1) is 9.16. The van der Waals surface area contributed by atoms with Crippen LogP contribution in [-0.2, 0) is 6.54 Å². The molecule has 0 atom stereocenters. The second kappa shape index (κ2) is 6.13. The summed E-state index contributed by atoms with van der Waals surface area (Å²) in [5, 5.41) is 2.88. The molecule has 100 valence electrons. The molecule has 2 nitrogen and oxygen atoms in total. The molecule has 0 fully saturated rings. The van der Waals surface area contributed by atoms with Crippen molar-refractivity contribution in [2.75, 3.05) is 5.32 Å². The van der Waals surface area contributed by atoms with E-state index < -0.39 is 6.61 Å². The molecule has 2 aromatic carbocycles. The summed E-state index contributed by atoms with van der Waals surface area (Å²) in [6.45, 7) is -2.70. The topological polar surface area (TPSA) is 21.3 Å². The average Bonchev–Trinajstić information content (AvgIpc) is 2.39. The fourth-order valence-electron chi connectivity index (χ4n) is 1.64. The molecule has 0 saturated heterocycles. The van der Waals surface area contributed by atoms with Gasteiger partial charge in [-0.3, -0.25) is 0 Å². The maximum Gasteiger partial charge on any atom is 0.387 e. The van der Waals surface area contributed by atoms with Crippen molar-refractivity contribution < 1.29 is 17.9 Å². The number of alkyl halides is 2. The van der Waals surface area contributed by atoms with E-state index in [2.05, 4.69) is 10.1 Å². The molecule has 0 spiro atoms. The van der Waals surface area contributed by atoms with Crippen LogP contribution in [0.4, 0.5) is 18.9 Å². The van der Waals surface area contributed by atoms with Gasteiger partial charge in [0.15, 0.2) is 0 Å². The summed E-state index contributed by atoms with van der Waals surface area (Å²) in [7, 11) is 0. The maximum atomic E-state index is 13.4. The van der Waals surface area contributed by atoms with E-state index in [1.807, 2.05) is 0 Å². The molecule has 0 radical (unpaired) electrons. The lowest BCUT2D eigenvalue weighted by molar-refractivity contribution is -0.0493. The molecule has 0 bridgehead atoms. The van der Waals surface area contributed by atoms with E-state index in [1.165, 1.54) is 12.1 Å².